The number of aliphatic carboxylic acids is 1. The molecule has 1 aromatic heterocycles. The first-order chi connectivity index (χ1) is 14.4. The first-order valence-corrected chi connectivity index (χ1v) is 11.1. The van der Waals surface area contributed by atoms with Crippen molar-refractivity contribution < 1.29 is 27.9 Å². The number of carbonyl (C=O) groups is 2. The van der Waals surface area contributed by atoms with Gasteiger partial charge < -0.3 is 9.84 Å². The zero-order chi connectivity index (χ0) is 23.2. The number of nitrogens with zero attached hydrogens (tertiary/aromatic N) is 1. The van der Waals surface area contributed by atoms with Gasteiger partial charge in [0.1, 0.15) is 0 Å². The summed E-state index contributed by atoms with van der Waals surface area (Å²) in [4.78, 5) is 28.1. The van der Waals surface area contributed by atoms with Crippen molar-refractivity contribution >= 4 is 27.5 Å². The molecule has 2 rings (SSSR count). The Morgan fingerprint density at radius 1 is 1.10 bits per heavy atom. The monoisotopic (exact) mass is 446 g/mol. The summed E-state index contributed by atoms with van der Waals surface area (Å²) in [6.07, 6.45) is 2.49. The zero-order valence-corrected chi connectivity index (χ0v) is 18.7. The number of rotatable bonds is 8. The molecule has 1 aromatic carbocycles. The maximum atomic E-state index is 12.6. The molecule has 0 radical (unpaired) electrons. The van der Waals surface area contributed by atoms with Crippen LogP contribution in [-0.4, -0.2) is 42.6 Å². The predicted octanol–water partition coefficient (Wildman–Crippen LogP) is 3.00. The van der Waals surface area contributed by atoms with Gasteiger partial charge in [0.25, 0.3) is 0 Å². The first-order valence-electron chi connectivity index (χ1n) is 9.61. The van der Waals surface area contributed by atoms with Gasteiger partial charge in [-0.15, -0.1) is 0 Å². The summed E-state index contributed by atoms with van der Waals surface area (Å²) in [5, 5.41) is 9.36. The van der Waals surface area contributed by atoms with Gasteiger partial charge in [-0.2, -0.15) is 0 Å². The second kappa shape index (κ2) is 9.84. The maximum absolute atomic E-state index is 12.6. The predicted molar refractivity (Wildman–Crippen MR) is 116 cm³/mol. The summed E-state index contributed by atoms with van der Waals surface area (Å²) in [6, 6.07) is 9.22. The standard InChI is InChI=1S/C22H26N2O6S/c1-5-30-21(27)18(13-19(25)26)20(16-7-6-12-23-14-16)15-8-10-17(11-9-15)31(28,29)24-22(2,3)4/h6-12,14,24H,5,13H2,1-4H3,(H,25,26). The number of aromatic nitrogens is 1. The van der Waals surface area contributed by atoms with Crippen LogP contribution >= 0.6 is 0 Å². The number of benzene rings is 1. The van der Waals surface area contributed by atoms with Crippen LogP contribution in [0.2, 0.25) is 0 Å². The quantitative estimate of drug-likeness (QED) is 0.472. The Hall–Kier alpha value is -3.04. The molecule has 8 nitrogen and oxygen atoms in total. The molecule has 0 aliphatic rings. The lowest BCUT2D eigenvalue weighted by atomic mass is 9.92. The third-order valence-corrected chi connectivity index (χ3v) is 5.77. The van der Waals surface area contributed by atoms with Gasteiger partial charge >= 0.3 is 11.9 Å². The van der Waals surface area contributed by atoms with Gasteiger partial charge in [-0.1, -0.05) is 18.2 Å². The van der Waals surface area contributed by atoms with E-state index in [4.69, 9.17) is 4.74 Å². The number of ether oxygens (including phenoxy) is 1. The van der Waals surface area contributed by atoms with Gasteiger partial charge in [0.05, 0.1) is 23.5 Å². The molecule has 0 atom stereocenters. The molecule has 0 saturated carbocycles. The molecule has 1 heterocycles. The lowest BCUT2D eigenvalue weighted by Gasteiger charge is -2.20. The molecule has 2 N–H and O–H groups in total. The van der Waals surface area contributed by atoms with Crippen molar-refractivity contribution in [3.05, 3.63) is 65.5 Å². The van der Waals surface area contributed by atoms with Crippen LogP contribution in [0, 0.1) is 0 Å². The molecule has 166 valence electrons. The minimum atomic E-state index is -3.75. The van der Waals surface area contributed by atoms with Gasteiger partial charge in [0, 0.05) is 29.1 Å². The number of esters is 1. The van der Waals surface area contributed by atoms with E-state index in [9.17, 15) is 23.1 Å². The van der Waals surface area contributed by atoms with Crippen molar-refractivity contribution in [1.29, 1.82) is 0 Å². The molecule has 31 heavy (non-hydrogen) atoms. The summed E-state index contributed by atoms with van der Waals surface area (Å²) in [5.74, 6) is -1.95. The van der Waals surface area contributed by atoms with Crippen LogP contribution in [0.25, 0.3) is 5.57 Å². The van der Waals surface area contributed by atoms with Crippen LogP contribution in [0.4, 0.5) is 0 Å². The van der Waals surface area contributed by atoms with E-state index in [0.29, 0.717) is 16.7 Å². The highest BCUT2D eigenvalue weighted by molar-refractivity contribution is 7.89. The number of carboxylic acids is 1. The van der Waals surface area contributed by atoms with Crippen LogP contribution in [0.5, 0.6) is 0 Å². The van der Waals surface area contributed by atoms with Crippen LogP contribution in [0.1, 0.15) is 45.2 Å². The Bertz CT molecular complexity index is 1070. The molecule has 2 aromatic rings. The molecule has 0 bridgehead atoms. The van der Waals surface area contributed by atoms with E-state index in [1.165, 1.54) is 30.5 Å². The SMILES string of the molecule is CCOC(=O)C(CC(=O)O)=C(c1ccc(S(=O)(=O)NC(C)(C)C)cc1)c1cccnc1. The summed E-state index contributed by atoms with van der Waals surface area (Å²) in [5.41, 5.74) is 0.589. The van der Waals surface area contributed by atoms with E-state index in [-0.39, 0.29) is 17.1 Å². The van der Waals surface area contributed by atoms with Crippen LogP contribution in [0.15, 0.2) is 59.3 Å². The Labute approximate surface area is 182 Å². The Kier molecular flexibility index (Phi) is 7.70. The summed E-state index contributed by atoms with van der Waals surface area (Å²) in [7, 11) is -3.75. The molecule has 0 aliphatic carbocycles. The number of carbonyl (C=O) groups excluding carboxylic acids is 1. The van der Waals surface area contributed by atoms with E-state index < -0.39 is 33.9 Å². The van der Waals surface area contributed by atoms with E-state index >= 15 is 0 Å². The number of nitrogens with one attached hydrogen (secondary N) is 1. The van der Waals surface area contributed by atoms with Crippen molar-refractivity contribution in [3.63, 3.8) is 0 Å². The number of hydrogen-bond acceptors (Lipinski definition) is 6. The van der Waals surface area contributed by atoms with Crippen molar-refractivity contribution in [2.45, 2.75) is 44.6 Å². The Morgan fingerprint density at radius 3 is 2.23 bits per heavy atom. The van der Waals surface area contributed by atoms with Crippen LogP contribution in [0.3, 0.4) is 0 Å². The lowest BCUT2D eigenvalue weighted by Crippen LogP contribution is -2.40. The van der Waals surface area contributed by atoms with Crippen LogP contribution < -0.4 is 4.72 Å². The van der Waals surface area contributed by atoms with E-state index in [1.807, 2.05) is 0 Å². The average molecular weight is 447 g/mol. The van der Waals surface area contributed by atoms with Crippen molar-refractivity contribution in [1.82, 2.24) is 9.71 Å². The maximum Gasteiger partial charge on any atom is 0.335 e. The largest absolute Gasteiger partial charge is 0.481 e. The molecule has 0 fully saturated rings. The first kappa shape index (κ1) is 24.2. The topological polar surface area (TPSA) is 123 Å². The molecule has 0 aliphatic heterocycles. The third-order valence-electron chi connectivity index (χ3n) is 4.00. The second-order valence-corrected chi connectivity index (χ2v) is 9.45. The summed E-state index contributed by atoms with van der Waals surface area (Å²) < 4.78 is 32.8. The molecule has 0 amide bonds. The molecule has 0 saturated heterocycles. The fourth-order valence-corrected chi connectivity index (χ4v) is 4.34. The van der Waals surface area contributed by atoms with Crippen LogP contribution in [-0.2, 0) is 24.3 Å². The molecular weight excluding hydrogens is 420 g/mol. The van der Waals surface area contributed by atoms with Gasteiger partial charge in [-0.05, 0) is 51.5 Å². The van der Waals surface area contributed by atoms with Crippen molar-refractivity contribution in [3.8, 4) is 0 Å². The number of sulfonamides is 1. The van der Waals surface area contributed by atoms with Gasteiger partial charge in [0.2, 0.25) is 10.0 Å². The normalized spacial score (nSPS) is 12.8. The molecule has 0 unspecified atom stereocenters. The van der Waals surface area contributed by atoms with Crippen molar-refractivity contribution in [2.75, 3.05) is 6.61 Å². The Balaban J connectivity index is 2.65. The zero-order valence-electron chi connectivity index (χ0n) is 17.9. The number of carboxylic acid groups (broad SMARTS) is 1. The highest BCUT2D eigenvalue weighted by atomic mass is 32.2. The fourth-order valence-electron chi connectivity index (χ4n) is 2.92. The highest BCUT2D eigenvalue weighted by Crippen LogP contribution is 2.30. The smallest absolute Gasteiger partial charge is 0.335 e. The molecule has 0 spiro atoms. The Morgan fingerprint density at radius 2 is 1.74 bits per heavy atom. The van der Waals surface area contributed by atoms with E-state index in [2.05, 4.69) is 9.71 Å². The second-order valence-electron chi connectivity index (χ2n) is 7.77. The van der Waals surface area contributed by atoms with Gasteiger partial charge in [0.15, 0.2) is 0 Å². The summed E-state index contributed by atoms with van der Waals surface area (Å²) in [6.45, 7) is 6.92. The molecule has 9 heteroatoms. The van der Waals surface area contributed by atoms with Gasteiger partial charge in [-0.25, -0.2) is 17.9 Å². The third kappa shape index (κ3) is 6.73. The molecular formula is C22H26N2O6S. The van der Waals surface area contributed by atoms with Crippen molar-refractivity contribution in [2.24, 2.45) is 0 Å². The van der Waals surface area contributed by atoms with E-state index in [1.54, 1.807) is 46.0 Å². The van der Waals surface area contributed by atoms with E-state index in [0.717, 1.165) is 0 Å². The number of hydrogen-bond donors (Lipinski definition) is 2. The lowest BCUT2D eigenvalue weighted by molar-refractivity contribution is -0.142. The minimum Gasteiger partial charge on any atom is -0.481 e. The summed E-state index contributed by atoms with van der Waals surface area (Å²) >= 11 is 0. The number of pyridine rings is 1. The average Bonchev–Trinajstić information content (AvgIpc) is 2.67. The van der Waals surface area contributed by atoms with Gasteiger partial charge in [-0.3, -0.25) is 9.78 Å². The highest BCUT2D eigenvalue weighted by Gasteiger charge is 2.24. The minimum absolute atomic E-state index is 0.0487. The fraction of sp³-hybridized carbons (Fsp3) is 0.318.